The van der Waals surface area contributed by atoms with E-state index in [-0.39, 0.29) is 22.8 Å². The van der Waals surface area contributed by atoms with Crippen LogP contribution < -0.4 is 4.90 Å². The van der Waals surface area contributed by atoms with Crippen LogP contribution in [-0.4, -0.2) is 21.4 Å². The Morgan fingerprint density at radius 1 is 1.00 bits per heavy atom. The molecule has 3 aromatic rings. The molecule has 0 radical (unpaired) electrons. The Kier molecular flexibility index (Phi) is 5.30. The molecule has 0 fully saturated rings. The number of benzene rings is 3. The Morgan fingerprint density at radius 3 is 2.43 bits per heavy atom. The highest BCUT2D eigenvalue weighted by molar-refractivity contribution is 9.11. The summed E-state index contributed by atoms with van der Waals surface area (Å²) < 4.78 is 0.312. The number of halogens is 1. The van der Waals surface area contributed by atoms with Crippen molar-refractivity contribution < 1.29 is 15.1 Å². The number of aliphatic hydroxyl groups is 1. The van der Waals surface area contributed by atoms with Gasteiger partial charge in [-0.05, 0) is 52.3 Å². The number of azo groups is 1. The van der Waals surface area contributed by atoms with Crippen molar-refractivity contribution in [3.63, 3.8) is 0 Å². The fourth-order valence-electron chi connectivity index (χ4n) is 3.20. The number of rotatable bonds is 4. The Labute approximate surface area is 179 Å². The van der Waals surface area contributed by atoms with E-state index in [1.807, 2.05) is 30.3 Å². The van der Waals surface area contributed by atoms with Gasteiger partial charge in [0.15, 0.2) is 11.9 Å². The van der Waals surface area contributed by atoms with Gasteiger partial charge in [0.2, 0.25) is 0 Å². The predicted octanol–water partition coefficient (Wildman–Crippen LogP) is 5.62. The van der Waals surface area contributed by atoms with Gasteiger partial charge < -0.3 is 15.1 Å². The Morgan fingerprint density at radius 2 is 1.70 bits per heavy atom. The van der Waals surface area contributed by atoms with Gasteiger partial charge in [-0.2, -0.15) is 0 Å². The largest absolute Gasteiger partial charge is 0.508 e. The van der Waals surface area contributed by atoms with E-state index < -0.39 is 11.2 Å². The van der Waals surface area contributed by atoms with Crippen LogP contribution in [0, 0.1) is 10.1 Å². The number of fused-ring (bicyclic) bond motifs is 1. The minimum atomic E-state index is -1.11. The molecule has 150 valence electrons. The first kappa shape index (κ1) is 19.7. The summed E-state index contributed by atoms with van der Waals surface area (Å²) in [5.74, 6) is 0.0110. The summed E-state index contributed by atoms with van der Waals surface area (Å²) in [5.41, 5.74) is 2.01. The fourth-order valence-corrected chi connectivity index (χ4v) is 3.69. The van der Waals surface area contributed by atoms with Crippen LogP contribution in [0.2, 0.25) is 0 Å². The molecule has 4 rings (SSSR count). The molecule has 0 saturated carbocycles. The van der Waals surface area contributed by atoms with Crippen LogP contribution in [0.5, 0.6) is 5.75 Å². The van der Waals surface area contributed by atoms with E-state index in [1.165, 1.54) is 24.3 Å². The molecule has 2 N–H and O–H groups in total. The number of aliphatic hydroxyl groups excluding tert-OH is 1. The highest BCUT2D eigenvalue weighted by atomic mass is 79.9. The van der Waals surface area contributed by atoms with Crippen molar-refractivity contribution in [3.05, 3.63) is 93.0 Å². The zero-order valence-corrected chi connectivity index (χ0v) is 17.0. The van der Waals surface area contributed by atoms with Crippen LogP contribution in [0.3, 0.4) is 0 Å². The summed E-state index contributed by atoms with van der Waals surface area (Å²) in [4.78, 5) is 12.4. The van der Waals surface area contributed by atoms with Gasteiger partial charge in [0.1, 0.15) is 11.4 Å². The van der Waals surface area contributed by atoms with Crippen LogP contribution in [0.25, 0.3) is 5.70 Å². The van der Waals surface area contributed by atoms with Gasteiger partial charge in [-0.25, -0.2) is 0 Å². The molecule has 0 aliphatic carbocycles. The van der Waals surface area contributed by atoms with Crippen LogP contribution in [0.15, 0.2) is 87.5 Å². The molecule has 9 heteroatoms. The molecule has 1 aliphatic heterocycles. The van der Waals surface area contributed by atoms with Gasteiger partial charge in [-0.3, -0.25) is 10.1 Å². The molecule has 0 amide bonds. The standard InChI is InChI=1S/C21H15BrN4O4/c22-19-20(24-23-16-8-4-5-9-18(16)26(29)30)15-12-14(27)10-11-17(15)25(21(19)28)13-6-2-1-3-7-13/h1-12,21,27-28H. The second-order valence-corrected chi connectivity index (χ2v) is 7.28. The molecule has 0 spiro atoms. The number of anilines is 2. The molecule has 8 nitrogen and oxygen atoms in total. The number of phenols is 1. The highest BCUT2D eigenvalue weighted by Crippen LogP contribution is 2.45. The van der Waals surface area contributed by atoms with Crippen LogP contribution in [0.4, 0.5) is 22.7 Å². The second kappa shape index (κ2) is 8.05. The molecule has 0 bridgehead atoms. The van der Waals surface area contributed by atoms with Gasteiger partial charge in [0.25, 0.3) is 5.69 Å². The Bertz CT molecular complexity index is 1180. The fraction of sp³-hybridized carbons (Fsp3) is 0.0476. The summed E-state index contributed by atoms with van der Waals surface area (Å²) in [7, 11) is 0. The zero-order valence-electron chi connectivity index (χ0n) is 15.4. The number of nitrogens with zero attached hydrogens (tertiary/aromatic N) is 4. The van der Waals surface area contributed by atoms with E-state index in [4.69, 9.17) is 0 Å². The maximum absolute atomic E-state index is 11.2. The first-order valence-electron chi connectivity index (χ1n) is 8.88. The third kappa shape index (κ3) is 3.56. The van der Waals surface area contributed by atoms with Crippen LogP contribution in [-0.2, 0) is 0 Å². The Balaban J connectivity index is 1.85. The van der Waals surface area contributed by atoms with Gasteiger partial charge in [0, 0.05) is 17.3 Å². The molecule has 0 aromatic heterocycles. The molecule has 1 atom stereocenters. The van der Waals surface area contributed by atoms with Crippen molar-refractivity contribution >= 4 is 44.4 Å². The lowest BCUT2D eigenvalue weighted by Gasteiger charge is -2.35. The van der Waals surface area contributed by atoms with Crippen molar-refractivity contribution in [2.24, 2.45) is 10.2 Å². The van der Waals surface area contributed by atoms with Crippen LogP contribution in [0.1, 0.15) is 5.56 Å². The third-order valence-corrected chi connectivity index (χ3v) is 5.35. The summed E-state index contributed by atoms with van der Waals surface area (Å²) in [6.07, 6.45) is -1.11. The topological polar surface area (TPSA) is 112 Å². The van der Waals surface area contributed by atoms with Crippen LogP contribution >= 0.6 is 15.9 Å². The lowest BCUT2D eigenvalue weighted by atomic mass is 10.0. The molecule has 1 heterocycles. The van der Waals surface area contributed by atoms with Gasteiger partial charge in [0.05, 0.1) is 15.1 Å². The lowest BCUT2D eigenvalue weighted by Crippen LogP contribution is -2.34. The molecular formula is C21H15BrN4O4. The number of hydrogen-bond acceptors (Lipinski definition) is 7. The summed E-state index contributed by atoms with van der Waals surface area (Å²) >= 11 is 3.39. The molecule has 1 aliphatic rings. The normalized spacial score (nSPS) is 16.1. The third-order valence-electron chi connectivity index (χ3n) is 4.56. The second-order valence-electron chi connectivity index (χ2n) is 6.42. The van der Waals surface area contributed by atoms with Gasteiger partial charge in [-0.15, -0.1) is 10.2 Å². The number of hydrogen-bond donors (Lipinski definition) is 2. The smallest absolute Gasteiger partial charge is 0.296 e. The molecule has 1 unspecified atom stereocenters. The summed E-state index contributed by atoms with van der Waals surface area (Å²) in [6, 6.07) is 19.9. The van der Waals surface area contributed by atoms with E-state index in [0.29, 0.717) is 15.7 Å². The predicted molar refractivity (Wildman–Crippen MR) is 116 cm³/mol. The van der Waals surface area contributed by atoms with E-state index in [9.17, 15) is 20.3 Å². The van der Waals surface area contributed by atoms with Gasteiger partial charge >= 0.3 is 0 Å². The lowest BCUT2D eigenvalue weighted by molar-refractivity contribution is -0.384. The SMILES string of the molecule is O=[N+]([O-])c1ccccc1N=NC1=C(Br)C(O)N(c2ccccc2)c2ccc(O)cc21. The van der Waals surface area contributed by atoms with Crippen molar-refractivity contribution in [2.75, 3.05) is 4.90 Å². The molecule has 3 aromatic carbocycles. The van der Waals surface area contributed by atoms with Crippen molar-refractivity contribution in [3.8, 4) is 5.75 Å². The number of nitro benzene ring substituents is 1. The van der Waals surface area contributed by atoms with Crippen molar-refractivity contribution in [1.82, 2.24) is 0 Å². The van der Waals surface area contributed by atoms with E-state index >= 15 is 0 Å². The first-order chi connectivity index (χ1) is 14.5. The summed E-state index contributed by atoms with van der Waals surface area (Å²) in [5, 5.41) is 40.5. The maximum Gasteiger partial charge on any atom is 0.296 e. The number of phenolic OH excluding ortho intramolecular Hbond substituents is 1. The minimum absolute atomic E-state index is 0.0110. The van der Waals surface area contributed by atoms with Crippen molar-refractivity contribution in [2.45, 2.75) is 6.23 Å². The van der Waals surface area contributed by atoms with E-state index in [0.717, 1.165) is 5.69 Å². The van der Waals surface area contributed by atoms with E-state index in [1.54, 1.807) is 23.1 Å². The number of aromatic hydroxyl groups is 1. The van der Waals surface area contributed by atoms with Gasteiger partial charge in [-0.1, -0.05) is 30.3 Å². The average Bonchev–Trinajstić information content (AvgIpc) is 2.75. The molecule has 30 heavy (non-hydrogen) atoms. The zero-order chi connectivity index (χ0) is 21.3. The molecule has 0 saturated heterocycles. The van der Waals surface area contributed by atoms with E-state index in [2.05, 4.69) is 26.2 Å². The maximum atomic E-state index is 11.2. The Hall–Kier alpha value is -3.56. The monoisotopic (exact) mass is 466 g/mol. The number of para-hydroxylation sites is 2. The quantitative estimate of drug-likeness (QED) is 0.294. The minimum Gasteiger partial charge on any atom is -0.508 e. The summed E-state index contributed by atoms with van der Waals surface area (Å²) in [6.45, 7) is 0. The number of nitro groups is 1. The first-order valence-corrected chi connectivity index (χ1v) is 9.67. The molecular weight excluding hydrogens is 452 g/mol. The average molecular weight is 467 g/mol. The highest BCUT2D eigenvalue weighted by Gasteiger charge is 2.32. The van der Waals surface area contributed by atoms with Crippen molar-refractivity contribution in [1.29, 1.82) is 0 Å².